The summed E-state index contributed by atoms with van der Waals surface area (Å²) in [7, 11) is 0. The quantitative estimate of drug-likeness (QED) is 0.430. The van der Waals surface area contributed by atoms with Crippen LogP contribution in [0.25, 0.3) is 0 Å². The SMILES string of the molecule is CCCCc1c(C(=O)OCC)[nH]c(Cc2[nH]c(C(=O)OCC)c(CCCC)c2C)c1C. The number of aromatic nitrogens is 2. The zero-order valence-electron chi connectivity index (χ0n) is 20.0. The van der Waals surface area contributed by atoms with E-state index in [1.165, 1.54) is 0 Å². The number of carbonyl (C=O) groups excluding carboxylic acids is 2. The van der Waals surface area contributed by atoms with Crippen LogP contribution in [0.5, 0.6) is 0 Å². The van der Waals surface area contributed by atoms with E-state index in [2.05, 4.69) is 37.7 Å². The van der Waals surface area contributed by atoms with Crippen molar-refractivity contribution in [1.82, 2.24) is 9.97 Å². The Morgan fingerprint density at radius 3 is 1.42 bits per heavy atom. The van der Waals surface area contributed by atoms with Gasteiger partial charge in [-0.15, -0.1) is 0 Å². The van der Waals surface area contributed by atoms with E-state index >= 15 is 0 Å². The first-order valence-corrected chi connectivity index (χ1v) is 11.6. The summed E-state index contributed by atoms with van der Waals surface area (Å²) in [6, 6.07) is 0. The number of aromatic amines is 2. The normalized spacial score (nSPS) is 11.0. The lowest BCUT2D eigenvalue weighted by molar-refractivity contribution is 0.0509. The summed E-state index contributed by atoms with van der Waals surface area (Å²) in [5.74, 6) is -0.607. The van der Waals surface area contributed by atoms with E-state index in [9.17, 15) is 9.59 Å². The second kappa shape index (κ2) is 11.8. The highest BCUT2D eigenvalue weighted by Crippen LogP contribution is 2.27. The molecule has 6 nitrogen and oxygen atoms in total. The Balaban J connectivity index is 2.44. The van der Waals surface area contributed by atoms with Gasteiger partial charge in [-0.05, 0) is 75.6 Å². The fraction of sp³-hybridized carbons (Fsp3) is 0.600. The molecule has 0 aromatic carbocycles. The Morgan fingerprint density at radius 2 is 1.10 bits per heavy atom. The van der Waals surface area contributed by atoms with Crippen molar-refractivity contribution < 1.29 is 19.1 Å². The highest BCUT2D eigenvalue weighted by Gasteiger charge is 2.24. The van der Waals surface area contributed by atoms with E-state index < -0.39 is 0 Å². The standard InChI is InChI=1S/C25H38N2O4/c1-7-11-13-18-16(5)20(26-22(18)24(28)30-9-3)15-21-17(6)19(14-12-8-2)23(27-21)25(29)31-10-4/h26-27H,7-15H2,1-6H3. The summed E-state index contributed by atoms with van der Waals surface area (Å²) >= 11 is 0. The second-order valence-electron chi connectivity index (χ2n) is 7.99. The summed E-state index contributed by atoms with van der Waals surface area (Å²) in [6.07, 6.45) is 6.41. The topological polar surface area (TPSA) is 84.2 Å². The molecule has 0 fully saturated rings. The van der Waals surface area contributed by atoms with Gasteiger partial charge < -0.3 is 19.4 Å². The zero-order chi connectivity index (χ0) is 23.0. The van der Waals surface area contributed by atoms with Crippen molar-refractivity contribution in [3.8, 4) is 0 Å². The second-order valence-corrected chi connectivity index (χ2v) is 7.99. The predicted molar refractivity (Wildman–Crippen MR) is 123 cm³/mol. The van der Waals surface area contributed by atoms with E-state index in [1.807, 2.05) is 13.8 Å². The highest BCUT2D eigenvalue weighted by atomic mass is 16.5. The molecule has 31 heavy (non-hydrogen) atoms. The van der Waals surface area contributed by atoms with Crippen molar-refractivity contribution in [3.63, 3.8) is 0 Å². The lowest BCUT2D eigenvalue weighted by atomic mass is 10.00. The predicted octanol–water partition coefficient (Wildman–Crippen LogP) is 5.59. The van der Waals surface area contributed by atoms with Crippen LogP contribution < -0.4 is 0 Å². The van der Waals surface area contributed by atoms with Crippen LogP contribution in [0.1, 0.15) is 108 Å². The van der Waals surface area contributed by atoms with Gasteiger partial charge in [0.1, 0.15) is 11.4 Å². The molecule has 0 saturated heterocycles. The van der Waals surface area contributed by atoms with Gasteiger partial charge in [0.25, 0.3) is 0 Å². The molecule has 0 atom stereocenters. The molecule has 6 heteroatoms. The third kappa shape index (κ3) is 5.81. The van der Waals surface area contributed by atoms with Crippen LogP contribution in [-0.4, -0.2) is 35.1 Å². The van der Waals surface area contributed by atoms with Gasteiger partial charge in [-0.3, -0.25) is 0 Å². The molecule has 0 aliphatic rings. The van der Waals surface area contributed by atoms with Gasteiger partial charge in [-0.25, -0.2) is 9.59 Å². The van der Waals surface area contributed by atoms with Crippen molar-refractivity contribution in [3.05, 3.63) is 45.0 Å². The van der Waals surface area contributed by atoms with Crippen LogP contribution in [0.4, 0.5) is 0 Å². The maximum Gasteiger partial charge on any atom is 0.355 e. The summed E-state index contributed by atoms with van der Waals surface area (Å²) in [6.45, 7) is 12.7. The molecule has 2 aromatic rings. The van der Waals surface area contributed by atoms with E-state index in [0.717, 1.165) is 72.2 Å². The molecule has 2 aromatic heterocycles. The lowest BCUT2D eigenvalue weighted by Gasteiger charge is -2.05. The molecule has 2 rings (SSSR count). The molecule has 2 N–H and O–H groups in total. The van der Waals surface area contributed by atoms with Gasteiger partial charge in [-0.1, -0.05) is 26.7 Å². The van der Waals surface area contributed by atoms with Crippen LogP contribution >= 0.6 is 0 Å². The summed E-state index contributed by atoms with van der Waals surface area (Å²) in [5.41, 5.74) is 7.35. The molecule has 0 aliphatic heterocycles. The van der Waals surface area contributed by atoms with Crippen LogP contribution in [0.3, 0.4) is 0 Å². The fourth-order valence-corrected chi connectivity index (χ4v) is 4.00. The lowest BCUT2D eigenvalue weighted by Crippen LogP contribution is -2.08. The van der Waals surface area contributed by atoms with Crippen molar-refractivity contribution in [2.24, 2.45) is 0 Å². The maximum absolute atomic E-state index is 12.5. The molecule has 0 amide bonds. The van der Waals surface area contributed by atoms with Gasteiger partial charge >= 0.3 is 11.9 Å². The molecule has 0 saturated carbocycles. The Hall–Kier alpha value is -2.50. The first-order chi connectivity index (χ1) is 14.9. The number of nitrogens with one attached hydrogen (secondary N) is 2. The minimum atomic E-state index is -0.304. The first kappa shape index (κ1) is 24.8. The smallest absolute Gasteiger partial charge is 0.355 e. The van der Waals surface area contributed by atoms with Crippen molar-refractivity contribution >= 4 is 11.9 Å². The zero-order valence-corrected chi connectivity index (χ0v) is 20.0. The third-order valence-electron chi connectivity index (χ3n) is 5.84. The van der Waals surface area contributed by atoms with Crippen LogP contribution in [0.15, 0.2) is 0 Å². The third-order valence-corrected chi connectivity index (χ3v) is 5.84. The average molecular weight is 431 g/mol. The monoisotopic (exact) mass is 430 g/mol. The van der Waals surface area contributed by atoms with Gasteiger partial charge in [0, 0.05) is 17.8 Å². The Morgan fingerprint density at radius 1 is 0.710 bits per heavy atom. The minimum Gasteiger partial charge on any atom is -0.461 e. The Kier molecular flexibility index (Phi) is 9.41. The molecule has 172 valence electrons. The van der Waals surface area contributed by atoms with E-state index in [-0.39, 0.29) is 11.9 Å². The Labute approximate surface area is 186 Å². The number of rotatable bonds is 12. The molecular weight excluding hydrogens is 392 g/mol. The summed E-state index contributed by atoms with van der Waals surface area (Å²) in [4.78, 5) is 31.7. The number of esters is 2. The molecule has 2 heterocycles. The van der Waals surface area contributed by atoms with Crippen LogP contribution in [0, 0.1) is 13.8 Å². The number of H-pyrrole nitrogens is 2. The van der Waals surface area contributed by atoms with Crippen LogP contribution in [0.2, 0.25) is 0 Å². The van der Waals surface area contributed by atoms with Gasteiger partial charge in [0.15, 0.2) is 0 Å². The largest absolute Gasteiger partial charge is 0.461 e. The number of carbonyl (C=O) groups is 2. The molecular formula is C25H38N2O4. The fourth-order valence-electron chi connectivity index (χ4n) is 4.00. The maximum atomic E-state index is 12.5. The Bertz CT molecular complexity index is 820. The van der Waals surface area contributed by atoms with Gasteiger partial charge in [0.05, 0.1) is 13.2 Å². The molecule has 0 aliphatic carbocycles. The molecule has 0 bridgehead atoms. The van der Waals surface area contributed by atoms with E-state index in [4.69, 9.17) is 9.47 Å². The first-order valence-electron chi connectivity index (χ1n) is 11.6. The molecule has 0 spiro atoms. The molecule has 0 radical (unpaired) electrons. The van der Waals surface area contributed by atoms with Crippen molar-refractivity contribution in [2.45, 2.75) is 86.5 Å². The number of ether oxygens (including phenoxy) is 2. The van der Waals surface area contributed by atoms with Crippen LogP contribution in [-0.2, 0) is 28.7 Å². The van der Waals surface area contributed by atoms with Gasteiger partial charge in [-0.2, -0.15) is 0 Å². The van der Waals surface area contributed by atoms with E-state index in [0.29, 0.717) is 31.0 Å². The highest BCUT2D eigenvalue weighted by molar-refractivity contribution is 5.90. The minimum absolute atomic E-state index is 0.304. The molecule has 0 unspecified atom stereocenters. The number of hydrogen-bond donors (Lipinski definition) is 2. The summed E-state index contributed by atoms with van der Waals surface area (Å²) < 4.78 is 10.6. The number of unbranched alkanes of at least 4 members (excludes halogenated alkanes) is 2. The van der Waals surface area contributed by atoms with Crippen molar-refractivity contribution in [2.75, 3.05) is 13.2 Å². The van der Waals surface area contributed by atoms with Crippen molar-refractivity contribution in [1.29, 1.82) is 0 Å². The van der Waals surface area contributed by atoms with Gasteiger partial charge in [0.2, 0.25) is 0 Å². The summed E-state index contributed by atoms with van der Waals surface area (Å²) in [5, 5.41) is 0. The van der Waals surface area contributed by atoms with E-state index in [1.54, 1.807) is 0 Å². The number of hydrogen-bond acceptors (Lipinski definition) is 4. The average Bonchev–Trinajstić information content (AvgIpc) is 3.22.